The monoisotopic (exact) mass is 232 g/mol. The standard InChI is InChI=1S/C11H12N4O2/c1-7-12-11(15-14-7)13-10(16)8-3-5-9(17-2)6-4-8/h3-6H,1-2H3,(H2,12,13,14,15,16). The third-order valence-electron chi connectivity index (χ3n) is 2.17. The first-order valence-electron chi connectivity index (χ1n) is 5.03. The Morgan fingerprint density at radius 2 is 2.06 bits per heavy atom. The van der Waals surface area contributed by atoms with Crippen LogP contribution in [-0.2, 0) is 0 Å². The maximum absolute atomic E-state index is 11.8. The first kappa shape index (κ1) is 11.1. The predicted octanol–water partition coefficient (Wildman–Crippen LogP) is 1.37. The zero-order valence-electron chi connectivity index (χ0n) is 9.52. The van der Waals surface area contributed by atoms with Crippen LogP contribution >= 0.6 is 0 Å². The summed E-state index contributed by atoms with van der Waals surface area (Å²) in [5, 5.41) is 9.05. The fourth-order valence-corrected chi connectivity index (χ4v) is 1.31. The summed E-state index contributed by atoms with van der Waals surface area (Å²) in [6, 6.07) is 6.79. The Hall–Kier alpha value is -2.37. The largest absolute Gasteiger partial charge is 0.497 e. The molecule has 88 valence electrons. The van der Waals surface area contributed by atoms with Gasteiger partial charge in [-0.05, 0) is 31.2 Å². The summed E-state index contributed by atoms with van der Waals surface area (Å²) in [7, 11) is 1.57. The number of ether oxygens (including phenoxy) is 1. The lowest BCUT2D eigenvalue weighted by Gasteiger charge is -2.02. The Balaban J connectivity index is 2.09. The molecular formula is C11H12N4O2. The Kier molecular flexibility index (Phi) is 3.04. The number of aromatic nitrogens is 3. The lowest BCUT2D eigenvalue weighted by atomic mass is 10.2. The van der Waals surface area contributed by atoms with Crippen molar-refractivity contribution in [1.29, 1.82) is 0 Å². The zero-order valence-corrected chi connectivity index (χ0v) is 9.52. The average molecular weight is 232 g/mol. The van der Waals surface area contributed by atoms with Crippen molar-refractivity contribution in [3.05, 3.63) is 35.7 Å². The quantitative estimate of drug-likeness (QED) is 0.837. The molecule has 1 heterocycles. The number of carbonyl (C=O) groups excluding carboxylic acids is 1. The summed E-state index contributed by atoms with van der Waals surface area (Å²) >= 11 is 0. The molecule has 0 aliphatic heterocycles. The van der Waals surface area contributed by atoms with Crippen LogP contribution in [0.15, 0.2) is 24.3 Å². The van der Waals surface area contributed by atoms with Gasteiger partial charge in [-0.3, -0.25) is 15.2 Å². The highest BCUT2D eigenvalue weighted by Crippen LogP contribution is 2.12. The minimum atomic E-state index is -0.258. The van der Waals surface area contributed by atoms with Crippen LogP contribution in [-0.4, -0.2) is 28.2 Å². The van der Waals surface area contributed by atoms with Crippen LogP contribution in [0.4, 0.5) is 5.95 Å². The molecule has 2 N–H and O–H groups in total. The van der Waals surface area contributed by atoms with E-state index in [0.717, 1.165) is 0 Å². The molecule has 1 aromatic carbocycles. The molecule has 0 aliphatic rings. The van der Waals surface area contributed by atoms with Gasteiger partial charge in [0.25, 0.3) is 5.91 Å². The normalized spacial score (nSPS) is 10.0. The maximum Gasteiger partial charge on any atom is 0.258 e. The number of nitrogens with one attached hydrogen (secondary N) is 2. The fourth-order valence-electron chi connectivity index (χ4n) is 1.31. The van der Waals surface area contributed by atoms with Crippen molar-refractivity contribution in [2.24, 2.45) is 0 Å². The summed E-state index contributed by atoms with van der Waals surface area (Å²) in [5.74, 6) is 1.36. The van der Waals surface area contributed by atoms with Crippen LogP contribution in [0.25, 0.3) is 0 Å². The van der Waals surface area contributed by atoms with Crippen molar-refractivity contribution in [3.8, 4) is 5.75 Å². The number of aryl methyl sites for hydroxylation is 1. The van der Waals surface area contributed by atoms with Gasteiger partial charge in [0.05, 0.1) is 7.11 Å². The van der Waals surface area contributed by atoms with Crippen molar-refractivity contribution in [1.82, 2.24) is 15.2 Å². The number of hydrogen-bond acceptors (Lipinski definition) is 4. The molecule has 1 aromatic heterocycles. The summed E-state index contributed by atoms with van der Waals surface area (Å²) in [6.07, 6.45) is 0. The Morgan fingerprint density at radius 3 is 2.59 bits per heavy atom. The SMILES string of the molecule is COc1ccc(C(=O)Nc2n[nH]c(C)n2)cc1. The molecule has 0 atom stereocenters. The molecule has 0 spiro atoms. The second-order valence-electron chi connectivity index (χ2n) is 3.43. The van der Waals surface area contributed by atoms with Gasteiger partial charge >= 0.3 is 0 Å². The number of aromatic amines is 1. The van der Waals surface area contributed by atoms with E-state index in [2.05, 4.69) is 20.5 Å². The Bertz CT molecular complexity index is 519. The van der Waals surface area contributed by atoms with Gasteiger partial charge in [-0.25, -0.2) is 0 Å². The molecule has 17 heavy (non-hydrogen) atoms. The van der Waals surface area contributed by atoms with Crippen LogP contribution in [0.3, 0.4) is 0 Å². The lowest BCUT2D eigenvalue weighted by molar-refractivity contribution is 0.102. The number of rotatable bonds is 3. The highest BCUT2D eigenvalue weighted by atomic mass is 16.5. The number of anilines is 1. The molecule has 0 fully saturated rings. The number of carbonyl (C=O) groups is 1. The van der Waals surface area contributed by atoms with Gasteiger partial charge in [0, 0.05) is 5.56 Å². The van der Waals surface area contributed by atoms with Gasteiger partial charge in [0.2, 0.25) is 5.95 Å². The molecule has 0 radical (unpaired) electrons. The van der Waals surface area contributed by atoms with Crippen molar-refractivity contribution in [2.45, 2.75) is 6.92 Å². The minimum Gasteiger partial charge on any atom is -0.497 e. The third-order valence-corrected chi connectivity index (χ3v) is 2.17. The van der Waals surface area contributed by atoms with Gasteiger partial charge in [0.1, 0.15) is 11.6 Å². The molecule has 6 nitrogen and oxygen atoms in total. The maximum atomic E-state index is 11.8. The molecule has 0 unspecified atom stereocenters. The second kappa shape index (κ2) is 4.65. The molecule has 6 heteroatoms. The van der Waals surface area contributed by atoms with E-state index >= 15 is 0 Å². The van der Waals surface area contributed by atoms with Crippen molar-refractivity contribution < 1.29 is 9.53 Å². The molecule has 2 rings (SSSR count). The number of H-pyrrole nitrogens is 1. The number of methoxy groups -OCH3 is 1. The van der Waals surface area contributed by atoms with Crippen LogP contribution in [0.5, 0.6) is 5.75 Å². The molecular weight excluding hydrogens is 220 g/mol. The molecule has 2 aromatic rings. The van der Waals surface area contributed by atoms with E-state index in [0.29, 0.717) is 17.1 Å². The average Bonchev–Trinajstić information content (AvgIpc) is 2.75. The van der Waals surface area contributed by atoms with E-state index in [1.54, 1.807) is 38.3 Å². The summed E-state index contributed by atoms with van der Waals surface area (Å²) in [4.78, 5) is 15.8. The van der Waals surface area contributed by atoms with Crippen molar-refractivity contribution in [3.63, 3.8) is 0 Å². The van der Waals surface area contributed by atoms with Gasteiger partial charge in [-0.1, -0.05) is 0 Å². The molecule has 0 saturated heterocycles. The molecule has 1 amide bonds. The number of benzene rings is 1. The van der Waals surface area contributed by atoms with Crippen LogP contribution in [0, 0.1) is 6.92 Å². The van der Waals surface area contributed by atoms with Gasteiger partial charge in [-0.15, -0.1) is 5.10 Å². The second-order valence-corrected chi connectivity index (χ2v) is 3.43. The molecule has 0 aliphatic carbocycles. The predicted molar refractivity (Wildman–Crippen MR) is 62.1 cm³/mol. The van der Waals surface area contributed by atoms with Gasteiger partial charge in [0.15, 0.2) is 0 Å². The van der Waals surface area contributed by atoms with Crippen molar-refractivity contribution in [2.75, 3.05) is 12.4 Å². The fraction of sp³-hybridized carbons (Fsp3) is 0.182. The minimum absolute atomic E-state index is 0.258. The van der Waals surface area contributed by atoms with Gasteiger partial charge < -0.3 is 4.74 Å². The topological polar surface area (TPSA) is 79.9 Å². The summed E-state index contributed by atoms with van der Waals surface area (Å²) in [5.41, 5.74) is 0.522. The summed E-state index contributed by atoms with van der Waals surface area (Å²) in [6.45, 7) is 1.76. The third kappa shape index (κ3) is 2.60. The van der Waals surface area contributed by atoms with E-state index < -0.39 is 0 Å². The molecule has 0 saturated carbocycles. The first-order chi connectivity index (χ1) is 8.19. The summed E-state index contributed by atoms with van der Waals surface area (Å²) < 4.78 is 5.01. The van der Waals surface area contributed by atoms with Crippen LogP contribution < -0.4 is 10.1 Å². The van der Waals surface area contributed by atoms with E-state index in [-0.39, 0.29) is 11.9 Å². The van der Waals surface area contributed by atoms with E-state index in [9.17, 15) is 4.79 Å². The van der Waals surface area contributed by atoms with E-state index in [1.165, 1.54) is 0 Å². The van der Waals surface area contributed by atoms with Crippen LogP contribution in [0.2, 0.25) is 0 Å². The Labute approximate surface area is 98.0 Å². The van der Waals surface area contributed by atoms with Crippen molar-refractivity contribution >= 4 is 11.9 Å². The highest BCUT2D eigenvalue weighted by molar-refractivity contribution is 6.03. The smallest absolute Gasteiger partial charge is 0.258 e. The Morgan fingerprint density at radius 1 is 1.35 bits per heavy atom. The number of hydrogen-bond donors (Lipinski definition) is 2. The number of nitrogens with zero attached hydrogens (tertiary/aromatic N) is 2. The van der Waals surface area contributed by atoms with E-state index in [4.69, 9.17) is 4.74 Å². The lowest BCUT2D eigenvalue weighted by Crippen LogP contribution is -2.12. The van der Waals surface area contributed by atoms with E-state index in [1.807, 2.05) is 0 Å². The van der Waals surface area contributed by atoms with Gasteiger partial charge in [-0.2, -0.15) is 4.98 Å². The highest BCUT2D eigenvalue weighted by Gasteiger charge is 2.08. The zero-order chi connectivity index (χ0) is 12.3. The van der Waals surface area contributed by atoms with Crippen LogP contribution in [0.1, 0.15) is 16.2 Å². The first-order valence-corrected chi connectivity index (χ1v) is 5.03. The number of amides is 1. The molecule has 0 bridgehead atoms.